The number of hydrogen-bond acceptors (Lipinski definition) is 6. The van der Waals surface area contributed by atoms with E-state index in [1.165, 1.54) is 11.3 Å². The molecular weight excluding hydrogens is 266 g/mol. The standard InChI is InChI=1S/C11H17N5O2S/c1-7-13-14-10-16(7)15-9(19-10)5-4-8(17)12-6-11(2,3)18/h18H,4-6H2,1-3H3,(H,12,17). The molecule has 8 heteroatoms. The van der Waals surface area contributed by atoms with Crippen LogP contribution in [-0.2, 0) is 11.2 Å². The van der Waals surface area contributed by atoms with Gasteiger partial charge in [0.1, 0.15) is 5.01 Å². The molecule has 0 saturated carbocycles. The van der Waals surface area contributed by atoms with Crippen molar-refractivity contribution in [2.24, 2.45) is 0 Å². The molecule has 0 fully saturated rings. The molecule has 0 atom stereocenters. The van der Waals surface area contributed by atoms with E-state index in [1.54, 1.807) is 18.4 Å². The lowest BCUT2D eigenvalue weighted by Crippen LogP contribution is -2.38. The fourth-order valence-corrected chi connectivity index (χ4v) is 2.36. The Hall–Kier alpha value is -1.54. The predicted molar refractivity (Wildman–Crippen MR) is 71.0 cm³/mol. The van der Waals surface area contributed by atoms with Gasteiger partial charge in [0.05, 0.1) is 5.60 Å². The number of amides is 1. The molecule has 2 aromatic heterocycles. The predicted octanol–water partition coefficient (Wildman–Crippen LogP) is 0.314. The maximum Gasteiger partial charge on any atom is 0.234 e. The molecule has 2 rings (SSSR count). The fourth-order valence-electron chi connectivity index (χ4n) is 1.48. The van der Waals surface area contributed by atoms with E-state index in [0.717, 1.165) is 15.8 Å². The van der Waals surface area contributed by atoms with Gasteiger partial charge >= 0.3 is 0 Å². The number of rotatable bonds is 5. The maximum absolute atomic E-state index is 11.6. The average Bonchev–Trinajstić information content (AvgIpc) is 2.86. The molecule has 1 amide bonds. The van der Waals surface area contributed by atoms with Crippen molar-refractivity contribution in [1.29, 1.82) is 0 Å². The van der Waals surface area contributed by atoms with E-state index in [0.29, 0.717) is 12.8 Å². The summed E-state index contributed by atoms with van der Waals surface area (Å²) < 4.78 is 1.68. The Kier molecular flexibility index (Phi) is 3.81. The van der Waals surface area contributed by atoms with Crippen LogP contribution < -0.4 is 5.32 Å². The van der Waals surface area contributed by atoms with Crippen molar-refractivity contribution in [2.75, 3.05) is 6.54 Å². The van der Waals surface area contributed by atoms with Crippen LogP contribution >= 0.6 is 11.3 Å². The Labute approximate surface area is 114 Å². The van der Waals surface area contributed by atoms with Crippen molar-refractivity contribution in [3.8, 4) is 0 Å². The zero-order chi connectivity index (χ0) is 14.0. The number of hydrogen-bond donors (Lipinski definition) is 2. The first kappa shape index (κ1) is 13.9. The summed E-state index contributed by atoms with van der Waals surface area (Å²) in [5, 5.41) is 25.3. The Morgan fingerprint density at radius 1 is 1.47 bits per heavy atom. The maximum atomic E-state index is 11.6. The molecule has 0 unspecified atom stereocenters. The zero-order valence-electron chi connectivity index (χ0n) is 11.2. The third-order valence-corrected chi connectivity index (χ3v) is 3.43. The van der Waals surface area contributed by atoms with Crippen LogP contribution in [0, 0.1) is 6.92 Å². The summed E-state index contributed by atoms with van der Waals surface area (Å²) in [6, 6.07) is 0. The second-order valence-electron chi connectivity index (χ2n) is 5.03. The largest absolute Gasteiger partial charge is 0.389 e. The van der Waals surface area contributed by atoms with Gasteiger partial charge in [-0.25, -0.2) is 0 Å². The highest BCUT2D eigenvalue weighted by Gasteiger charge is 2.14. The molecule has 0 radical (unpaired) electrons. The van der Waals surface area contributed by atoms with Crippen molar-refractivity contribution in [1.82, 2.24) is 25.1 Å². The molecule has 0 aliphatic heterocycles. The summed E-state index contributed by atoms with van der Waals surface area (Å²) in [6.45, 7) is 5.38. The normalized spacial score (nSPS) is 12.0. The molecular formula is C11H17N5O2S. The van der Waals surface area contributed by atoms with Gasteiger partial charge in [-0.1, -0.05) is 11.3 Å². The summed E-state index contributed by atoms with van der Waals surface area (Å²) >= 11 is 1.43. The lowest BCUT2D eigenvalue weighted by atomic mass is 10.1. The van der Waals surface area contributed by atoms with E-state index in [9.17, 15) is 9.90 Å². The van der Waals surface area contributed by atoms with Gasteiger partial charge in [-0.2, -0.15) is 9.61 Å². The van der Waals surface area contributed by atoms with Crippen LogP contribution in [0.2, 0.25) is 0 Å². The van der Waals surface area contributed by atoms with Crippen LogP contribution in [0.4, 0.5) is 0 Å². The number of nitrogens with one attached hydrogen (secondary N) is 1. The molecule has 0 bridgehead atoms. The SMILES string of the molecule is Cc1nnc2sc(CCC(=O)NCC(C)(C)O)nn12. The minimum Gasteiger partial charge on any atom is -0.389 e. The molecule has 2 N–H and O–H groups in total. The van der Waals surface area contributed by atoms with Gasteiger partial charge in [-0.3, -0.25) is 4.79 Å². The van der Waals surface area contributed by atoms with E-state index in [1.807, 2.05) is 6.92 Å². The van der Waals surface area contributed by atoms with Gasteiger partial charge in [-0.15, -0.1) is 10.2 Å². The number of aryl methyl sites for hydroxylation is 2. The highest BCUT2D eigenvalue weighted by atomic mass is 32.1. The summed E-state index contributed by atoms with van der Waals surface area (Å²) in [5.41, 5.74) is -0.889. The van der Waals surface area contributed by atoms with Crippen molar-refractivity contribution >= 4 is 22.2 Å². The highest BCUT2D eigenvalue weighted by molar-refractivity contribution is 7.16. The number of aromatic nitrogens is 4. The molecule has 0 aromatic carbocycles. The van der Waals surface area contributed by atoms with Crippen molar-refractivity contribution < 1.29 is 9.90 Å². The molecule has 7 nitrogen and oxygen atoms in total. The van der Waals surface area contributed by atoms with Crippen molar-refractivity contribution in [3.05, 3.63) is 10.8 Å². The van der Waals surface area contributed by atoms with Gasteiger partial charge in [0.25, 0.3) is 0 Å². The first-order valence-electron chi connectivity index (χ1n) is 6.02. The quantitative estimate of drug-likeness (QED) is 0.824. The van der Waals surface area contributed by atoms with Gasteiger partial charge in [0.2, 0.25) is 10.9 Å². The fraction of sp³-hybridized carbons (Fsp3) is 0.636. The average molecular weight is 283 g/mol. The minimum absolute atomic E-state index is 0.0928. The minimum atomic E-state index is -0.889. The van der Waals surface area contributed by atoms with Crippen LogP contribution in [0.1, 0.15) is 31.1 Å². The van der Waals surface area contributed by atoms with E-state index in [4.69, 9.17) is 0 Å². The monoisotopic (exact) mass is 283 g/mol. The summed E-state index contributed by atoms with van der Waals surface area (Å²) in [6.07, 6.45) is 0.907. The number of carbonyl (C=O) groups excluding carboxylic acids is 1. The van der Waals surface area contributed by atoms with Crippen LogP contribution in [-0.4, -0.2) is 43.0 Å². The van der Waals surface area contributed by atoms with E-state index >= 15 is 0 Å². The number of fused-ring (bicyclic) bond motifs is 1. The Bertz CT molecular complexity index is 583. The summed E-state index contributed by atoms with van der Waals surface area (Å²) in [4.78, 5) is 12.3. The lowest BCUT2D eigenvalue weighted by molar-refractivity contribution is -0.122. The molecule has 104 valence electrons. The molecule has 2 aromatic rings. The first-order valence-corrected chi connectivity index (χ1v) is 6.83. The molecule has 2 heterocycles. The van der Waals surface area contributed by atoms with E-state index in [2.05, 4.69) is 20.6 Å². The highest BCUT2D eigenvalue weighted by Crippen LogP contribution is 2.14. The number of nitrogens with zero attached hydrogens (tertiary/aromatic N) is 4. The van der Waals surface area contributed by atoms with Gasteiger partial charge in [0.15, 0.2) is 5.82 Å². The van der Waals surface area contributed by atoms with Crippen LogP contribution in [0.3, 0.4) is 0 Å². The molecule has 0 aliphatic carbocycles. The van der Waals surface area contributed by atoms with Gasteiger partial charge in [-0.05, 0) is 20.8 Å². The summed E-state index contributed by atoms with van der Waals surface area (Å²) in [7, 11) is 0. The molecule has 0 spiro atoms. The van der Waals surface area contributed by atoms with Crippen LogP contribution in [0.25, 0.3) is 4.96 Å². The second-order valence-corrected chi connectivity index (χ2v) is 6.07. The third kappa shape index (κ3) is 3.71. The Morgan fingerprint density at radius 3 is 2.84 bits per heavy atom. The van der Waals surface area contributed by atoms with Gasteiger partial charge in [0, 0.05) is 19.4 Å². The van der Waals surface area contributed by atoms with E-state index < -0.39 is 5.60 Å². The molecule has 0 aliphatic rings. The smallest absolute Gasteiger partial charge is 0.234 e. The molecule has 19 heavy (non-hydrogen) atoms. The lowest BCUT2D eigenvalue weighted by Gasteiger charge is -2.17. The van der Waals surface area contributed by atoms with Gasteiger partial charge < -0.3 is 10.4 Å². The topological polar surface area (TPSA) is 92.4 Å². The van der Waals surface area contributed by atoms with Crippen molar-refractivity contribution in [3.63, 3.8) is 0 Å². The first-order chi connectivity index (χ1) is 8.85. The van der Waals surface area contributed by atoms with Crippen molar-refractivity contribution in [2.45, 2.75) is 39.2 Å². The number of carbonyl (C=O) groups is 1. The van der Waals surface area contributed by atoms with E-state index in [-0.39, 0.29) is 12.5 Å². The van der Waals surface area contributed by atoms with Crippen LogP contribution in [0.15, 0.2) is 0 Å². The number of aliphatic hydroxyl groups is 1. The Morgan fingerprint density at radius 2 is 2.21 bits per heavy atom. The van der Waals surface area contributed by atoms with Crippen LogP contribution in [0.5, 0.6) is 0 Å². The second kappa shape index (κ2) is 5.22. The molecule has 0 saturated heterocycles. The zero-order valence-corrected chi connectivity index (χ0v) is 12.0. The Balaban J connectivity index is 1.86. The third-order valence-electron chi connectivity index (χ3n) is 2.47. The summed E-state index contributed by atoms with van der Waals surface area (Å²) in [5.74, 6) is 0.647.